The molecule has 0 saturated carbocycles. The van der Waals surface area contributed by atoms with E-state index in [1.54, 1.807) is 20.8 Å². The third kappa shape index (κ3) is 6.53. The topological polar surface area (TPSA) is 102 Å². The molecule has 2 aliphatic rings. The van der Waals surface area contributed by atoms with Crippen LogP contribution in [-0.4, -0.2) is 69.7 Å². The number of piperidine rings is 1. The summed E-state index contributed by atoms with van der Waals surface area (Å²) in [5.74, 6) is -2.03. The van der Waals surface area contributed by atoms with Crippen LogP contribution >= 0.6 is 0 Å². The van der Waals surface area contributed by atoms with E-state index in [-0.39, 0.29) is 24.4 Å². The number of hydrogen-bond donors (Lipinski definition) is 0. The van der Waals surface area contributed by atoms with Gasteiger partial charge in [-0.3, -0.25) is 9.08 Å². The number of amides is 2. The second kappa shape index (κ2) is 9.41. The lowest BCUT2D eigenvalue weighted by Crippen LogP contribution is -2.41. The van der Waals surface area contributed by atoms with Gasteiger partial charge in [0.1, 0.15) is 29.9 Å². The van der Waals surface area contributed by atoms with Gasteiger partial charge in [0.15, 0.2) is 0 Å². The van der Waals surface area contributed by atoms with Gasteiger partial charge in [-0.15, -0.1) is 0 Å². The molecule has 184 valence electrons. The average Bonchev–Trinajstić information content (AvgIpc) is 3.05. The highest BCUT2D eigenvalue weighted by Crippen LogP contribution is 2.35. The minimum Gasteiger partial charge on any atom is -0.444 e. The van der Waals surface area contributed by atoms with Crippen LogP contribution < -0.4 is 4.90 Å². The number of ether oxygens (including phenoxy) is 2. The Morgan fingerprint density at radius 1 is 1.18 bits per heavy atom. The number of cyclic esters (lactones) is 1. The first-order valence-electron chi connectivity index (χ1n) is 10.5. The van der Waals surface area contributed by atoms with E-state index in [2.05, 4.69) is 4.18 Å². The Morgan fingerprint density at radius 3 is 2.27 bits per heavy atom. The predicted molar refractivity (Wildman–Crippen MR) is 115 cm³/mol. The highest BCUT2D eigenvalue weighted by Gasteiger charge is 2.35. The van der Waals surface area contributed by atoms with Gasteiger partial charge < -0.3 is 14.4 Å². The highest BCUT2D eigenvalue weighted by molar-refractivity contribution is 7.85. The summed E-state index contributed by atoms with van der Waals surface area (Å²) in [6, 6.07) is 2.11. The van der Waals surface area contributed by atoms with Crippen LogP contribution in [0.5, 0.6) is 0 Å². The van der Waals surface area contributed by atoms with Crippen LogP contribution in [0.3, 0.4) is 0 Å². The van der Waals surface area contributed by atoms with Crippen molar-refractivity contribution < 1.29 is 40.4 Å². The second-order valence-corrected chi connectivity index (χ2v) is 10.8. The SMILES string of the molecule is CC(C)(C)OC(=O)N1CCC(c2c(F)cc(N3CC(COS(C)(=O)=O)OC3=O)cc2F)CC1. The molecule has 0 radical (unpaired) electrons. The van der Waals surface area contributed by atoms with Crippen LogP contribution in [0.4, 0.5) is 24.1 Å². The Hall–Kier alpha value is -2.47. The van der Waals surface area contributed by atoms with Gasteiger partial charge in [-0.1, -0.05) is 0 Å². The first kappa shape index (κ1) is 25.2. The lowest BCUT2D eigenvalue weighted by molar-refractivity contribution is 0.0203. The molecule has 1 unspecified atom stereocenters. The minimum atomic E-state index is -3.72. The van der Waals surface area contributed by atoms with Crippen molar-refractivity contribution in [3.8, 4) is 0 Å². The molecule has 0 aliphatic carbocycles. The molecule has 0 N–H and O–H groups in total. The number of carbonyl (C=O) groups excluding carboxylic acids is 2. The fourth-order valence-electron chi connectivity index (χ4n) is 3.81. The summed E-state index contributed by atoms with van der Waals surface area (Å²) in [4.78, 5) is 26.9. The molecule has 2 amide bonds. The standard InChI is InChI=1S/C21H28F2N2O7S/c1-21(2,3)32-19(26)24-7-5-13(6-8-24)18-16(22)9-14(10-17(18)23)25-11-15(31-20(25)27)12-30-33(4,28)29/h9-10,13,15H,5-8,11-12H2,1-4H3. The number of benzene rings is 1. The van der Waals surface area contributed by atoms with E-state index in [9.17, 15) is 26.8 Å². The number of hydrogen-bond acceptors (Lipinski definition) is 7. The van der Waals surface area contributed by atoms with Crippen LogP contribution in [0.1, 0.15) is 45.1 Å². The Balaban J connectivity index is 1.66. The molecule has 2 saturated heterocycles. The van der Waals surface area contributed by atoms with Crippen molar-refractivity contribution in [2.45, 2.75) is 51.2 Å². The van der Waals surface area contributed by atoms with Crippen LogP contribution in [0.15, 0.2) is 12.1 Å². The van der Waals surface area contributed by atoms with Crippen molar-refractivity contribution in [1.82, 2.24) is 4.90 Å². The Labute approximate surface area is 191 Å². The van der Waals surface area contributed by atoms with E-state index >= 15 is 0 Å². The van der Waals surface area contributed by atoms with Crippen LogP contribution in [-0.2, 0) is 23.8 Å². The summed E-state index contributed by atoms with van der Waals surface area (Å²) in [5, 5.41) is 0. The molecule has 2 aliphatic heterocycles. The summed E-state index contributed by atoms with van der Waals surface area (Å²) in [6.07, 6.45) is -0.612. The molecular weight excluding hydrogens is 462 g/mol. The van der Waals surface area contributed by atoms with Gasteiger partial charge in [-0.25, -0.2) is 18.4 Å². The van der Waals surface area contributed by atoms with Crippen molar-refractivity contribution in [3.63, 3.8) is 0 Å². The first-order valence-corrected chi connectivity index (χ1v) is 12.3. The van der Waals surface area contributed by atoms with Gasteiger partial charge in [0.2, 0.25) is 0 Å². The van der Waals surface area contributed by atoms with Gasteiger partial charge in [0, 0.05) is 18.7 Å². The Bertz CT molecular complexity index is 995. The van der Waals surface area contributed by atoms with E-state index in [0.29, 0.717) is 25.9 Å². The third-order valence-corrected chi connectivity index (χ3v) is 5.84. The lowest BCUT2D eigenvalue weighted by Gasteiger charge is -2.34. The van der Waals surface area contributed by atoms with Crippen molar-refractivity contribution in [2.75, 3.05) is 37.4 Å². The van der Waals surface area contributed by atoms with E-state index in [4.69, 9.17) is 9.47 Å². The largest absolute Gasteiger partial charge is 0.444 e. The quantitative estimate of drug-likeness (QED) is 0.583. The number of nitrogens with zero attached hydrogens (tertiary/aromatic N) is 2. The summed E-state index contributed by atoms with van der Waals surface area (Å²) >= 11 is 0. The molecule has 2 fully saturated rings. The second-order valence-electron chi connectivity index (χ2n) is 9.17. The zero-order chi connectivity index (χ0) is 24.6. The molecule has 1 aromatic carbocycles. The lowest BCUT2D eigenvalue weighted by atomic mass is 9.88. The van der Waals surface area contributed by atoms with Gasteiger partial charge in [-0.2, -0.15) is 8.42 Å². The highest BCUT2D eigenvalue weighted by atomic mass is 32.2. The summed E-state index contributed by atoms with van der Waals surface area (Å²) < 4.78 is 67.1. The summed E-state index contributed by atoms with van der Waals surface area (Å²) in [6.45, 7) is 5.41. The van der Waals surface area contributed by atoms with Crippen molar-refractivity contribution in [1.29, 1.82) is 0 Å². The molecule has 2 heterocycles. The van der Waals surface area contributed by atoms with Gasteiger partial charge in [-0.05, 0) is 51.7 Å². The molecule has 0 bridgehead atoms. The fourth-order valence-corrected chi connectivity index (χ4v) is 4.21. The predicted octanol–water partition coefficient (Wildman–Crippen LogP) is 3.38. The molecular formula is C21H28F2N2O7S. The van der Waals surface area contributed by atoms with Gasteiger partial charge >= 0.3 is 12.2 Å². The van der Waals surface area contributed by atoms with Gasteiger partial charge in [0.05, 0.1) is 18.5 Å². The number of rotatable bonds is 5. The van der Waals surface area contributed by atoms with E-state index in [1.165, 1.54) is 4.90 Å². The van der Waals surface area contributed by atoms with Crippen molar-refractivity contribution >= 4 is 28.0 Å². The Morgan fingerprint density at radius 2 is 1.76 bits per heavy atom. The molecule has 1 atom stereocenters. The van der Waals surface area contributed by atoms with Crippen molar-refractivity contribution in [2.24, 2.45) is 0 Å². The normalized spacial score (nSPS) is 20.2. The molecule has 9 nitrogen and oxygen atoms in total. The monoisotopic (exact) mass is 490 g/mol. The maximum atomic E-state index is 14.9. The van der Waals surface area contributed by atoms with E-state index in [1.807, 2.05) is 0 Å². The maximum Gasteiger partial charge on any atom is 0.414 e. The van der Waals surface area contributed by atoms with E-state index in [0.717, 1.165) is 23.3 Å². The number of anilines is 1. The molecule has 33 heavy (non-hydrogen) atoms. The smallest absolute Gasteiger partial charge is 0.414 e. The van der Waals surface area contributed by atoms with Crippen LogP contribution in [0.2, 0.25) is 0 Å². The molecule has 0 spiro atoms. The van der Waals surface area contributed by atoms with Crippen LogP contribution in [0.25, 0.3) is 0 Å². The zero-order valence-corrected chi connectivity index (χ0v) is 19.8. The molecule has 0 aromatic heterocycles. The Kier molecular flexibility index (Phi) is 7.18. The molecule has 1 aromatic rings. The number of halogens is 2. The average molecular weight is 491 g/mol. The maximum absolute atomic E-state index is 14.9. The van der Waals surface area contributed by atoms with Crippen LogP contribution in [0, 0.1) is 11.6 Å². The third-order valence-electron chi connectivity index (χ3n) is 5.27. The molecule has 3 rings (SSSR count). The number of carbonyl (C=O) groups is 2. The summed E-state index contributed by atoms with van der Waals surface area (Å²) in [5.41, 5.74) is -0.756. The van der Waals surface area contributed by atoms with Crippen molar-refractivity contribution in [3.05, 3.63) is 29.3 Å². The zero-order valence-electron chi connectivity index (χ0n) is 19.0. The minimum absolute atomic E-state index is 0.0354. The number of likely N-dealkylation sites (tertiary alicyclic amines) is 1. The van der Waals surface area contributed by atoms with Gasteiger partial charge in [0.25, 0.3) is 10.1 Å². The first-order chi connectivity index (χ1) is 15.2. The summed E-state index contributed by atoms with van der Waals surface area (Å²) in [7, 11) is -3.72. The fraction of sp³-hybridized carbons (Fsp3) is 0.619. The van der Waals surface area contributed by atoms with E-state index < -0.39 is 51.6 Å². The molecule has 12 heteroatoms.